The molecule has 0 aliphatic heterocycles. The Bertz CT molecular complexity index is 1180. The van der Waals surface area contributed by atoms with Crippen LogP contribution in [0.15, 0.2) is 52.2 Å². The van der Waals surface area contributed by atoms with Crippen molar-refractivity contribution in [2.75, 3.05) is 0 Å². The molecular formula is C20H20N4OS. The predicted octanol–water partition coefficient (Wildman–Crippen LogP) is 3.97. The summed E-state index contributed by atoms with van der Waals surface area (Å²) >= 11 is 1.75. The Morgan fingerprint density at radius 1 is 1.08 bits per heavy atom. The van der Waals surface area contributed by atoms with Gasteiger partial charge in [0.15, 0.2) is 0 Å². The lowest BCUT2D eigenvalue weighted by Crippen LogP contribution is -2.22. The van der Waals surface area contributed by atoms with Crippen LogP contribution >= 0.6 is 11.8 Å². The summed E-state index contributed by atoms with van der Waals surface area (Å²) in [5.41, 5.74) is 3.34. The highest BCUT2D eigenvalue weighted by atomic mass is 32.2. The van der Waals surface area contributed by atoms with E-state index in [1.54, 1.807) is 16.3 Å². The smallest absolute Gasteiger partial charge is 0.262 e. The molecule has 0 atom stereocenters. The number of hydrogen-bond acceptors (Lipinski definition) is 4. The lowest BCUT2D eigenvalue weighted by Gasteiger charge is -2.10. The minimum atomic E-state index is -0.0169. The molecule has 0 aliphatic rings. The van der Waals surface area contributed by atoms with Crippen LogP contribution in [-0.4, -0.2) is 19.2 Å². The average molecular weight is 364 g/mol. The van der Waals surface area contributed by atoms with Crippen molar-refractivity contribution in [3.63, 3.8) is 0 Å². The number of thioether (sulfide) groups is 1. The van der Waals surface area contributed by atoms with Gasteiger partial charge >= 0.3 is 0 Å². The fourth-order valence-electron chi connectivity index (χ4n) is 3.20. The monoisotopic (exact) mass is 364 g/mol. The molecule has 0 aliphatic carbocycles. The first kappa shape index (κ1) is 16.8. The summed E-state index contributed by atoms with van der Waals surface area (Å²) in [6.45, 7) is 6.74. The molecule has 0 spiro atoms. The summed E-state index contributed by atoms with van der Waals surface area (Å²) in [5.74, 6) is 2.15. The Balaban J connectivity index is 1.85. The maximum Gasteiger partial charge on any atom is 0.262 e. The lowest BCUT2D eigenvalue weighted by atomic mass is 10.2. The van der Waals surface area contributed by atoms with Crippen LogP contribution in [0.1, 0.15) is 23.9 Å². The van der Waals surface area contributed by atoms with E-state index < -0.39 is 0 Å². The quantitative estimate of drug-likeness (QED) is 0.514. The van der Waals surface area contributed by atoms with E-state index >= 15 is 0 Å². The van der Waals surface area contributed by atoms with Gasteiger partial charge < -0.3 is 0 Å². The zero-order valence-corrected chi connectivity index (χ0v) is 15.9. The second kappa shape index (κ2) is 6.61. The first-order valence-corrected chi connectivity index (χ1v) is 9.64. The number of rotatable bonds is 4. The standard InChI is InChI=1S/C20H20N4OS/c1-4-23-19(25)15-7-5-6-8-16(15)24-18(21-22-20(23)24)12-26-17-11-13(2)9-10-14(17)3/h5-11H,4,12H2,1-3H3. The van der Waals surface area contributed by atoms with Crippen LogP contribution in [0.5, 0.6) is 0 Å². The van der Waals surface area contributed by atoms with Crippen molar-refractivity contribution < 1.29 is 0 Å². The Morgan fingerprint density at radius 2 is 1.88 bits per heavy atom. The Kier molecular flexibility index (Phi) is 4.28. The molecule has 0 saturated heterocycles. The summed E-state index contributed by atoms with van der Waals surface area (Å²) in [6.07, 6.45) is 0. The van der Waals surface area contributed by atoms with Gasteiger partial charge in [-0.25, -0.2) is 0 Å². The topological polar surface area (TPSA) is 52.2 Å². The van der Waals surface area contributed by atoms with Gasteiger partial charge in [0.2, 0.25) is 5.78 Å². The number of hydrogen-bond donors (Lipinski definition) is 0. The highest BCUT2D eigenvalue weighted by Crippen LogP contribution is 2.27. The largest absolute Gasteiger partial charge is 0.277 e. The van der Waals surface area contributed by atoms with Gasteiger partial charge in [0.1, 0.15) is 5.82 Å². The molecule has 5 nitrogen and oxygen atoms in total. The van der Waals surface area contributed by atoms with E-state index in [4.69, 9.17) is 0 Å². The second-order valence-electron chi connectivity index (χ2n) is 6.38. The average Bonchev–Trinajstić information content (AvgIpc) is 3.07. The third kappa shape index (κ3) is 2.70. The van der Waals surface area contributed by atoms with Crippen molar-refractivity contribution in [3.8, 4) is 0 Å². The molecular weight excluding hydrogens is 344 g/mol. The van der Waals surface area contributed by atoms with Gasteiger partial charge in [-0.3, -0.25) is 13.8 Å². The van der Waals surface area contributed by atoms with Gasteiger partial charge in [-0.05, 0) is 44.5 Å². The molecule has 26 heavy (non-hydrogen) atoms. The zero-order valence-electron chi connectivity index (χ0n) is 15.1. The fraction of sp³-hybridized carbons (Fsp3) is 0.250. The SMILES string of the molecule is CCn1c(=O)c2ccccc2n2c(CSc3cc(C)ccc3C)nnc12. The fourth-order valence-corrected chi connectivity index (χ4v) is 4.23. The second-order valence-corrected chi connectivity index (χ2v) is 7.39. The van der Waals surface area contributed by atoms with Gasteiger partial charge in [0, 0.05) is 11.4 Å². The van der Waals surface area contributed by atoms with Crippen molar-refractivity contribution in [2.24, 2.45) is 0 Å². The van der Waals surface area contributed by atoms with E-state index in [-0.39, 0.29) is 5.56 Å². The van der Waals surface area contributed by atoms with Crippen LogP contribution in [0.3, 0.4) is 0 Å². The van der Waals surface area contributed by atoms with Crippen molar-refractivity contribution in [1.29, 1.82) is 0 Å². The molecule has 0 saturated carbocycles. The molecule has 4 rings (SSSR count). The molecule has 0 N–H and O–H groups in total. The van der Waals surface area contributed by atoms with Gasteiger partial charge in [0.25, 0.3) is 5.56 Å². The number of nitrogens with zero attached hydrogens (tertiary/aromatic N) is 4. The van der Waals surface area contributed by atoms with Crippen molar-refractivity contribution >= 4 is 28.4 Å². The minimum Gasteiger partial charge on any atom is -0.277 e. The summed E-state index contributed by atoms with van der Waals surface area (Å²) < 4.78 is 3.69. The van der Waals surface area contributed by atoms with Crippen LogP contribution in [0.2, 0.25) is 0 Å². The molecule has 4 aromatic rings. The van der Waals surface area contributed by atoms with E-state index in [9.17, 15) is 4.79 Å². The number of aromatic nitrogens is 4. The molecule has 0 amide bonds. The van der Waals surface area contributed by atoms with Crippen molar-refractivity contribution in [1.82, 2.24) is 19.2 Å². The Morgan fingerprint density at radius 3 is 2.69 bits per heavy atom. The summed E-state index contributed by atoms with van der Waals surface area (Å²) in [5, 5.41) is 9.40. The third-order valence-corrected chi connectivity index (χ3v) is 5.74. The molecule has 2 aromatic heterocycles. The lowest BCUT2D eigenvalue weighted by molar-refractivity contribution is 0.735. The van der Waals surface area contributed by atoms with Crippen LogP contribution < -0.4 is 5.56 Å². The maximum atomic E-state index is 12.7. The van der Waals surface area contributed by atoms with E-state index in [2.05, 4.69) is 42.2 Å². The number of aryl methyl sites for hydroxylation is 3. The first-order chi connectivity index (χ1) is 12.6. The highest BCUT2D eigenvalue weighted by Gasteiger charge is 2.15. The number of fused-ring (bicyclic) bond motifs is 3. The molecule has 2 heterocycles. The van der Waals surface area contributed by atoms with Gasteiger partial charge in [-0.15, -0.1) is 22.0 Å². The summed E-state index contributed by atoms with van der Waals surface area (Å²) in [6, 6.07) is 14.1. The molecule has 6 heteroatoms. The van der Waals surface area contributed by atoms with E-state index in [0.29, 0.717) is 23.5 Å². The third-order valence-electron chi connectivity index (χ3n) is 4.59. The predicted molar refractivity (Wildman–Crippen MR) is 106 cm³/mol. The van der Waals surface area contributed by atoms with Crippen molar-refractivity contribution in [2.45, 2.75) is 38.0 Å². The van der Waals surface area contributed by atoms with E-state index in [0.717, 1.165) is 11.3 Å². The molecule has 132 valence electrons. The number of para-hydroxylation sites is 1. The van der Waals surface area contributed by atoms with Crippen LogP contribution in [-0.2, 0) is 12.3 Å². The zero-order chi connectivity index (χ0) is 18.3. The molecule has 0 bridgehead atoms. The Hall–Kier alpha value is -2.60. The van der Waals surface area contributed by atoms with Crippen LogP contribution in [0.25, 0.3) is 16.7 Å². The van der Waals surface area contributed by atoms with Crippen LogP contribution in [0.4, 0.5) is 0 Å². The summed E-state index contributed by atoms with van der Waals surface area (Å²) in [7, 11) is 0. The van der Waals surface area contributed by atoms with Crippen molar-refractivity contribution in [3.05, 3.63) is 69.8 Å². The first-order valence-electron chi connectivity index (χ1n) is 8.65. The molecule has 0 unspecified atom stereocenters. The number of benzene rings is 2. The van der Waals surface area contributed by atoms with Gasteiger partial charge in [-0.2, -0.15) is 0 Å². The molecule has 0 fully saturated rings. The van der Waals surface area contributed by atoms with Gasteiger partial charge in [-0.1, -0.05) is 29.8 Å². The van der Waals surface area contributed by atoms with Gasteiger partial charge in [0.05, 0.1) is 16.7 Å². The highest BCUT2D eigenvalue weighted by molar-refractivity contribution is 7.98. The minimum absolute atomic E-state index is 0.0169. The maximum absolute atomic E-state index is 12.7. The normalized spacial score (nSPS) is 11.5. The molecule has 0 radical (unpaired) electrons. The Labute approximate surface area is 155 Å². The molecule has 2 aromatic carbocycles. The van der Waals surface area contributed by atoms with E-state index in [1.807, 2.05) is 35.6 Å². The summed E-state index contributed by atoms with van der Waals surface area (Å²) in [4.78, 5) is 14.0. The van der Waals surface area contributed by atoms with Crippen LogP contribution in [0, 0.1) is 13.8 Å². The van der Waals surface area contributed by atoms with E-state index in [1.165, 1.54) is 16.0 Å².